The molecule has 0 aliphatic rings. The summed E-state index contributed by atoms with van der Waals surface area (Å²) < 4.78 is 19.1. The second-order valence-electron chi connectivity index (χ2n) is 6.06. The summed E-state index contributed by atoms with van der Waals surface area (Å²) in [5.41, 5.74) is 0. The Kier molecular flexibility index (Phi) is 14.4. The summed E-state index contributed by atoms with van der Waals surface area (Å²) in [6.45, 7) is 6.80. The SMILES string of the molecule is CCCC(CCO)CN=C(NCC)N(C)CCOc1ccccc1F.I. The highest BCUT2D eigenvalue weighted by Gasteiger charge is 2.10. The molecule has 5 nitrogen and oxygen atoms in total. The highest BCUT2D eigenvalue weighted by molar-refractivity contribution is 14.0. The number of hydrogen-bond donors (Lipinski definition) is 2. The number of aliphatic imine (C=N–C) groups is 1. The molecule has 26 heavy (non-hydrogen) atoms. The van der Waals surface area contributed by atoms with Gasteiger partial charge in [0.25, 0.3) is 0 Å². The van der Waals surface area contributed by atoms with Crippen molar-refractivity contribution in [2.45, 2.75) is 33.1 Å². The van der Waals surface area contributed by atoms with Gasteiger partial charge < -0.3 is 20.1 Å². The Balaban J connectivity index is 0.00000625. The molecule has 150 valence electrons. The van der Waals surface area contributed by atoms with Crippen LogP contribution in [0.5, 0.6) is 5.75 Å². The first-order valence-electron chi connectivity index (χ1n) is 9.09. The number of aliphatic hydroxyl groups excluding tert-OH is 1. The van der Waals surface area contributed by atoms with Gasteiger partial charge in [-0.1, -0.05) is 25.5 Å². The van der Waals surface area contributed by atoms with E-state index >= 15 is 0 Å². The Morgan fingerprint density at radius 2 is 2.04 bits per heavy atom. The normalized spacial score (nSPS) is 12.3. The van der Waals surface area contributed by atoms with Crippen molar-refractivity contribution >= 4 is 29.9 Å². The van der Waals surface area contributed by atoms with E-state index in [0.29, 0.717) is 25.6 Å². The lowest BCUT2D eigenvalue weighted by Crippen LogP contribution is -2.41. The van der Waals surface area contributed by atoms with Crippen LogP contribution in [-0.2, 0) is 0 Å². The van der Waals surface area contributed by atoms with E-state index in [2.05, 4.69) is 17.2 Å². The maximum Gasteiger partial charge on any atom is 0.193 e. The molecular formula is C19H33FIN3O2. The van der Waals surface area contributed by atoms with Crippen LogP contribution < -0.4 is 10.1 Å². The lowest BCUT2D eigenvalue weighted by Gasteiger charge is -2.23. The molecule has 0 aliphatic heterocycles. The van der Waals surface area contributed by atoms with Gasteiger partial charge in [0.1, 0.15) is 6.61 Å². The average molecular weight is 481 g/mol. The molecule has 1 unspecified atom stereocenters. The molecule has 0 radical (unpaired) electrons. The van der Waals surface area contributed by atoms with Crippen molar-refractivity contribution in [2.75, 3.05) is 39.9 Å². The van der Waals surface area contributed by atoms with Crippen LogP contribution in [-0.4, -0.2) is 55.9 Å². The molecule has 2 N–H and O–H groups in total. The summed E-state index contributed by atoms with van der Waals surface area (Å²) in [5, 5.41) is 12.4. The molecule has 1 rings (SSSR count). The highest BCUT2D eigenvalue weighted by Crippen LogP contribution is 2.15. The molecule has 0 amide bonds. The van der Waals surface area contributed by atoms with Gasteiger partial charge in [-0.05, 0) is 37.8 Å². The van der Waals surface area contributed by atoms with E-state index in [-0.39, 0.29) is 42.2 Å². The number of halogens is 2. The summed E-state index contributed by atoms with van der Waals surface area (Å²) in [7, 11) is 1.94. The van der Waals surface area contributed by atoms with Gasteiger partial charge >= 0.3 is 0 Å². The first kappa shape index (κ1) is 24.9. The molecule has 0 saturated heterocycles. The third-order valence-corrected chi connectivity index (χ3v) is 3.95. The van der Waals surface area contributed by atoms with Gasteiger partial charge in [-0.3, -0.25) is 4.99 Å². The van der Waals surface area contributed by atoms with Gasteiger partial charge in [-0.15, -0.1) is 24.0 Å². The lowest BCUT2D eigenvalue weighted by atomic mass is 10.0. The lowest BCUT2D eigenvalue weighted by molar-refractivity contribution is 0.252. The number of guanidine groups is 1. The number of benzene rings is 1. The number of hydrogen-bond acceptors (Lipinski definition) is 3. The second-order valence-corrected chi connectivity index (χ2v) is 6.06. The third kappa shape index (κ3) is 9.56. The molecule has 0 aromatic heterocycles. The molecule has 0 bridgehead atoms. The van der Waals surface area contributed by atoms with Crippen molar-refractivity contribution in [2.24, 2.45) is 10.9 Å². The maximum atomic E-state index is 13.6. The zero-order chi connectivity index (χ0) is 18.5. The van der Waals surface area contributed by atoms with Crippen molar-refractivity contribution in [3.8, 4) is 5.75 Å². The molecule has 1 atom stereocenters. The van der Waals surface area contributed by atoms with Crippen LogP contribution >= 0.6 is 24.0 Å². The smallest absolute Gasteiger partial charge is 0.193 e. The Bertz CT molecular complexity index is 511. The molecule has 0 saturated carbocycles. The van der Waals surface area contributed by atoms with Crippen LogP contribution in [0.4, 0.5) is 4.39 Å². The Labute approximate surface area is 174 Å². The van der Waals surface area contributed by atoms with E-state index in [4.69, 9.17) is 9.84 Å². The number of likely N-dealkylation sites (N-methyl/N-ethyl adjacent to an activating group) is 1. The monoisotopic (exact) mass is 481 g/mol. The highest BCUT2D eigenvalue weighted by atomic mass is 127. The van der Waals surface area contributed by atoms with E-state index < -0.39 is 0 Å². The zero-order valence-corrected chi connectivity index (χ0v) is 18.4. The molecule has 0 aliphatic carbocycles. The average Bonchev–Trinajstić information content (AvgIpc) is 2.60. The van der Waals surface area contributed by atoms with Gasteiger partial charge in [0.2, 0.25) is 0 Å². The molecule has 0 heterocycles. The van der Waals surface area contributed by atoms with Crippen molar-refractivity contribution < 1.29 is 14.2 Å². The fraction of sp³-hybridized carbons (Fsp3) is 0.632. The van der Waals surface area contributed by atoms with Gasteiger partial charge in [-0.2, -0.15) is 0 Å². The van der Waals surface area contributed by atoms with Crippen molar-refractivity contribution in [3.05, 3.63) is 30.1 Å². The molecule has 7 heteroatoms. The largest absolute Gasteiger partial charge is 0.489 e. The molecular weight excluding hydrogens is 448 g/mol. The Morgan fingerprint density at radius 1 is 1.31 bits per heavy atom. The summed E-state index contributed by atoms with van der Waals surface area (Å²) in [6, 6.07) is 6.41. The van der Waals surface area contributed by atoms with Crippen LogP contribution in [0.15, 0.2) is 29.3 Å². The van der Waals surface area contributed by atoms with Crippen LogP contribution in [0.25, 0.3) is 0 Å². The molecule has 0 fully saturated rings. The van der Waals surface area contributed by atoms with Crippen LogP contribution in [0.3, 0.4) is 0 Å². The topological polar surface area (TPSA) is 57.1 Å². The van der Waals surface area contributed by atoms with Crippen molar-refractivity contribution in [1.82, 2.24) is 10.2 Å². The second kappa shape index (κ2) is 15.0. The van der Waals surface area contributed by atoms with E-state index in [9.17, 15) is 4.39 Å². The first-order chi connectivity index (χ1) is 12.1. The van der Waals surface area contributed by atoms with Crippen LogP contribution in [0.1, 0.15) is 33.1 Å². The minimum atomic E-state index is -0.350. The third-order valence-electron chi connectivity index (χ3n) is 3.95. The van der Waals surface area contributed by atoms with Crippen LogP contribution in [0, 0.1) is 11.7 Å². The summed E-state index contributed by atoms with van der Waals surface area (Å²) in [4.78, 5) is 6.66. The molecule has 1 aromatic carbocycles. The number of nitrogens with zero attached hydrogens (tertiary/aromatic N) is 2. The van der Waals surface area contributed by atoms with E-state index in [1.165, 1.54) is 6.07 Å². The number of aliphatic hydroxyl groups is 1. The van der Waals surface area contributed by atoms with E-state index in [0.717, 1.165) is 31.8 Å². The van der Waals surface area contributed by atoms with Gasteiger partial charge in [0.15, 0.2) is 17.5 Å². The summed E-state index contributed by atoms with van der Waals surface area (Å²) in [5.74, 6) is 1.12. The van der Waals surface area contributed by atoms with Gasteiger partial charge in [0.05, 0.1) is 6.54 Å². The fourth-order valence-corrected chi connectivity index (χ4v) is 2.56. The summed E-state index contributed by atoms with van der Waals surface area (Å²) in [6.07, 6.45) is 2.92. The maximum absolute atomic E-state index is 13.6. The first-order valence-corrected chi connectivity index (χ1v) is 9.09. The number of para-hydroxylation sites is 1. The van der Waals surface area contributed by atoms with E-state index in [1.54, 1.807) is 18.2 Å². The predicted molar refractivity (Wildman–Crippen MR) is 116 cm³/mol. The van der Waals surface area contributed by atoms with Crippen LogP contribution in [0.2, 0.25) is 0 Å². The standard InChI is InChI=1S/C19H32FN3O2.HI/c1-4-8-16(11-13-24)15-22-19(21-5-2)23(3)12-14-25-18-10-7-6-9-17(18)20;/h6-7,9-10,16,24H,4-5,8,11-15H2,1-3H3,(H,21,22);1H. The van der Waals surface area contributed by atoms with Gasteiger partial charge in [0, 0.05) is 26.7 Å². The number of nitrogens with one attached hydrogen (secondary N) is 1. The Morgan fingerprint density at radius 3 is 2.65 bits per heavy atom. The zero-order valence-electron chi connectivity index (χ0n) is 16.1. The quantitative estimate of drug-likeness (QED) is 0.289. The molecule has 1 aromatic rings. The van der Waals surface area contributed by atoms with Crippen molar-refractivity contribution in [3.63, 3.8) is 0 Å². The minimum Gasteiger partial charge on any atom is -0.489 e. The fourth-order valence-electron chi connectivity index (χ4n) is 2.56. The van der Waals surface area contributed by atoms with Crippen molar-refractivity contribution in [1.29, 1.82) is 0 Å². The Hall–Kier alpha value is -1.09. The van der Waals surface area contributed by atoms with E-state index in [1.807, 2.05) is 18.9 Å². The number of rotatable bonds is 11. The minimum absolute atomic E-state index is 0. The number of ether oxygens (including phenoxy) is 1. The molecule has 0 spiro atoms. The summed E-state index contributed by atoms with van der Waals surface area (Å²) >= 11 is 0. The predicted octanol–water partition coefficient (Wildman–Crippen LogP) is 3.52. The van der Waals surface area contributed by atoms with Gasteiger partial charge in [-0.25, -0.2) is 4.39 Å².